The molecule has 0 aliphatic heterocycles. The number of carbonyl (C=O) groups excluding carboxylic acids is 2. The molecule has 0 aliphatic carbocycles. The van der Waals surface area contributed by atoms with Crippen molar-refractivity contribution in [1.29, 1.82) is 0 Å². The molecule has 0 spiro atoms. The summed E-state index contributed by atoms with van der Waals surface area (Å²) in [5.41, 5.74) is 2.17. The topological polar surface area (TPSA) is 64.6 Å². The molecule has 120 valence electrons. The predicted molar refractivity (Wildman–Crippen MR) is 91.4 cm³/mol. The fourth-order valence-electron chi connectivity index (χ4n) is 1.98. The lowest BCUT2D eigenvalue weighted by molar-refractivity contribution is -0.118. The van der Waals surface area contributed by atoms with Crippen LogP contribution in [0.3, 0.4) is 0 Å². The van der Waals surface area contributed by atoms with Gasteiger partial charge in [-0.25, -0.2) is 0 Å². The number of aryl methyl sites for hydroxylation is 1. The van der Waals surface area contributed by atoms with Crippen LogP contribution in [0.4, 0.5) is 5.69 Å². The van der Waals surface area contributed by atoms with Crippen molar-refractivity contribution in [3.63, 3.8) is 0 Å². The van der Waals surface area contributed by atoms with E-state index in [1.165, 1.54) is 13.2 Å². The number of halogens is 1. The molecule has 0 fully saturated rings. The Kier molecular flexibility index (Phi) is 5.76. The maximum atomic E-state index is 12.0. The summed E-state index contributed by atoms with van der Waals surface area (Å²) in [5.74, 6) is 0.469. The average molecular weight is 378 g/mol. The monoisotopic (exact) mass is 377 g/mol. The second kappa shape index (κ2) is 7.78. The Morgan fingerprint density at radius 2 is 2.04 bits per heavy atom. The molecule has 0 radical (unpaired) electrons. The second-order valence-corrected chi connectivity index (χ2v) is 5.70. The van der Waals surface area contributed by atoms with Crippen molar-refractivity contribution in [3.8, 4) is 11.5 Å². The number of hydrogen-bond acceptors (Lipinski definition) is 4. The predicted octanol–water partition coefficient (Wildman–Crippen LogP) is 3.60. The van der Waals surface area contributed by atoms with E-state index in [1.54, 1.807) is 12.1 Å². The van der Waals surface area contributed by atoms with Crippen molar-refractivity contribution in [2.24, 2.45) is 0 Å². The highest BCUT2D eigenvalue weighted by molar-refractivity contribution is 9.10. The molecule has 23 heavy (non-hydrogen) atoms. The van der Waals surface area contributed by atoms with Crippen LogP contribution in [0.2, 0.25) is 0 Å². The minimum Gasteiger partial charge on any atom is -0.493 e. The van der Waals surface area contributed by atoms with Crippen molar-refractivity contribution in [1.82, 2.24) is 0 Å². The molecular formula is C17H16BrNO4. The van der Waals surface area contributed by atoms with Crippen molar-refractivity contribution >= 4 is 33.8 Å². The third-order valence-electron chi connectivity index (χ3n) is 3.07. The fourth-order valence-corrected chi connectivity index (χ4v) is 2.39. The number of benzene rings is 2. The summed E-state index contributed by atoms with van der Waals surface area (Å²) in [6.07, 6.45) is 0.698. The van der Waals surface area contributed by atoms with E-state index < -0.39 is 0 Å². The van der Waals surface area contributed by atoms with E-state index >= 15 is 0 Å². The Morgan fingerprint density at radius 3 is 2.70 bits per heavy atom. The molecule has 0 atom stereocenters. The van der Waals surface area contributed by atoms with E-state index in [9.17, 15) is 9.59 Å². The lowest BCUT2D eigenvalue weighted by atomic mass is 10.2. The molecule has 0 aromatic heterocycles. The minimum atomic E-state index is -0.298. The van der Waals surface area contributed by atoms with Gasteiger partial charge in [0.15, 0.2) is 24.4 Å². The van der Waals surface area contributed by atoms with Crippen LogP contribution in [-0.4, -0.2) is 25.9 Å². The highest BCUT2D eigenvalue weighted by atomic mass is 79.9. The van der Waals surface area contributed by atoms with Crippen LogP contribution in [0, 0.1) is 6.92 Å². The molecule has 0 saturated carbocycles. The van der Waals surface area contributed by atoms with Crippen LogP contribution in [0.5, 0.6) is 11.5 Å². The summed E-state index contributed by atoms with van der Waals surface area (Å²) < 4.78 is 11.3. The summed E-state index contributed by atoms with van der Waals surface area (Å²) in [7, 11) is 1.49. The molecule has 2 rings (SSSR count). The number of carbonyl (C=O) groups is 2. The van der Waals surface area contributed by atoms with Gasteiger partial charge in [0.1, 0.15) is 0 Å². The molecule has 1 amide bonds. The van der Waals surface area contributed by atoms with Gasteiger partial charge in [-0.1, -0.05) is 12.1 Å². The number of amides is 1. The number of methoxy groups -OCH3 is 1. The van der Waals surface area contributed by atoms with Crippen LogP contribution in [0.25, 0.3) is 0 Å². The van der Waals surface area contributed by atoms with Crippen LogP contribution in [0.15, 0.2) is 40.9 Å². The number of rotatable bonds is 6. The highest BCUT2D eigenvalue weighted by Gasteiger charge is 2.12. The molecule has 0 heterocycles. The summed E-state index contributed by atoms with van der Waals surface area (Å²) in [6.45, 7) is 1.75. The van der Waals surface area contributed by atoms with Crippen molar-refractivity contribution < 1.29 is 19.1 Å². The van der Waals surface area contributed by atoms with Crippen molar-refractivity contribution in [2.45, 2.75) is 6.92 Å². The summed E-state index contributed by atoms with van der Waals surface area (Å²) in [4.78, 5) is 22.9. The SMILES string of the molecule is COc1cc(Br)c(C=O)cc1OCC(=O)Nc1cccc(C)c1. The number of anilines is 1. The Hall–Kier alpha value is -2.34. The van der Waals surface area contributed by atoms with E-state index in [4.69, 9.17) is 9.47 Å². The summed E-state index contributed by atoms with van der Waals surface area (Å²) >= 11 is 3.27. The zero-order valence-corrected chi connectivity index (χ0v) is 14.3. The zero-order chi connectivity index (χ0) is 16.8. The normalized spacial score (nSPS) is 10.0. The number of hydrogen-bond donors (Lipinski definition) is 1. The molecule has 0 bridgehead atoms. The Bertz CT molecular complexity index is 731. The lowest BCUT2D eigenvalue weighted by Gasteiger charge is -2.12. The first-order valence-electron chi connectivity index (χ1n) is 6.85. The minimum absolute atomic E-state index is 0.190. The van der Waals surface area contributed by atoms with Crippen LogP contribution >= 0.6 is 15.9 Å². The Balaban J connectivity index is 2.05. The molecule has 6 heteroatoms. The van der Waals surface area contributed by atoms with Gasteiger partial charge in [-0.3, -0.25) is 9.59 Å². The smallest absolute Gasteiger partial charge is 0.262 e. The Labute approximate surface area is 142 Å². The maximum absolute atomic E-state index is 12.0. The van der Waals surface area contributed by atoms with Gasteiger partial charge < -0.3 is 14.8 Å². The first-order chi connectivity index (χ1) is 11.0. The van der Waals surface area contributed by atoms with Gasteiger partial charge in [0, 0.05) is 15.7 Å². The molecule has 5 nitrogen and oxygen atoms in total. The largest absolute Gasteiger partial charge is 0.493 e. The van der Waals surface area contributed by atoms with E-state index in [0.717, 1.165) is 5.56 Å². The molecular weight excluding hydrogens is 362 g/mol. The van der Waals surface area contributed by atoms with Crippen LogP contribution in [-0.2, 0) is 4.79 Å². The average Bonchev–Trinajstić information content (AvgIpc) is 2.53. The Morgan fingerprint density at radius 1 is 1.26 bits per heavy atom. The number of ether oxygens (including phenoxy) is 2. The molecule has 0 saturated heterocycles. The molecule has 0 aliphatic rings. The van der Waals surface area contributed by atoms with Gasteiger partial charge in [0.25, 0.3) is 5.91 Å². The van der Waals surface area contributed by atoms with Gasteiger partial charge in [-0.2, -0.15) is 0 Å². The van der Waals surface area contributed by atoms with E-state index in [1.807, 2.05) is 25.1 Å². The van der Waals surface area contributed by atoms with E-state index in [-0.39, 0.29) is 12.5 Å². The summed E-state index contributed by atoms with van der Waals surface area (Å²) in [6, 6.07) is 10.6. The fraction of sp³-hybridized carbons (Fsp3) is 0.176. The third-order valence-corrected chi connectivity index (χ3v) is 3.76. The zero-order valence-electron chi connectivity index (χ0n) is 12.8. The first-order valence-corrected chi connectivity index (χ1v) is 7.65. The maximum Gasteiger partial charge on any atom is 0.262 e. The standard InChI is InChI=1S/C17H16BrNO4/c1-11-4-3-5-13(6-11)19-17(21)10-23-16-7-12(9-20)14(18)8-15(16)22-2/h3-9H,10H2,1-2H3,(H,19,21). The molecule has 2 aromatic carbocycles. The quantitative estimate of drug-likeness (QED) is 0.781. The molecule has 0 unspecified atom stereocenters. The summed E-state index contributed by atoms with van der Waals surface area (Å²) in [5, 5.41) is 2.75. The van der Waals surface area contributed by atoms with Gasteiger partial charge in [0.05, 0.1) is 7.11 Å². The number of aldehydes is 1. The highest BCUT2D eigenvalue weighted by Crippen LogP contribution is 2.32. The molecule has 1 N–H and O–H groups in total. The van der Waals surface area contributed by atoms with Crippen LogP contribution < -0.4 is 14.8 Å². The van der Waals surface area contributed by atoms with Gasteiger partial charge >= 0.3 is 0 Å². The molecule has 2 aromatic rings. The van der Waals surface area contributed by atoms with Crippen LogP contribution in [0.1, 0.15) is 15.9 Å². The first kappa shape index (κ1) is 17.0. The third kappa shape index (κ3) is 4.56. The van der Waals surface area contributed by atoms with Gasteiger partial charge in [0.2, 0.25) is 0 Å². The van der Waals surface area contributed by atoms with E-state index in [2.05, 4.69) is 21.2 Å². The lowest BCUT2D eigenvalue weighted by Crippen LogP contribution is -2.20. The van der Waals surface area contributed by atoms with Gasteiger partial charge in [-0.05, 0) is 52.7 Å². The van der Waals surface area contributed by atoms with E-state index in [0.29, 0.717) is 33.5 Å². The second-order valence-electron chi connectivity index (χ2n) is 4.85. The van der Waals surface area contributed by atoms with Crippen molar-refractivity contribution in [2.75, 3.05) is 19.0 Å². The number of nitrogens with one attached hydrogen (secondary N) is 1. The van der Waals surface area contributed by atoms with Gasteiger partial charge in [-0.15, -0.1) is 0 Å². The van der Waals surface area contributed by atoms with Crippen molar-refractivity contribution in [3.05, 3.63) is 52.0 Å².